The highest BCUT2D eigenvalue weighted by Gasteiger charge is 2.27. The van der Waals surface area contributed by atoms with E-state index in [1.807, 2.05) is 0 Å². The molecule has 0 fully saturated rings. The Morgan fingerprint density at radius 2 is 2.05 bits per heavy atom. The van der Waals surface area contributed by atoms with Crippen molar-refractivity contribution in [2.75, 3.05) is 12.3 Å². The molecule has 1 aromatic rings. The molecule has 2 unspecified atom stereocenters. The van der Waals surface area contributed by atoms with E-state index >= 15 is 0 Å². The van der Waals surface area contributed by atoms with Gasteiger partial charge in [-0.25, -0.2) is 8.78 Å². The van der Waals surface area contributed by atoms with Crippen LogP contribution in [0.1, 0.15) is 25.0 Å². The number of aliphatic hydroxyl groups is 2. The molecule has 0 bridgehead atoms. The number of ether oxygens (including phenoxy) is 1. The number of esters is 1. The first-order valence-corrected chi connectivity index (χ1v) is 5.63. The molecule has 0 amide bonds. The highest BCUT2D eigenvalue weighted by molar-refractivity contribution is 5.70. The Bertz CT molecular complexity index is 467. The monoisotopic (exact) mass is 275 g/mol. The Morgan fingerprint density at radius 3 is 2.63 bits per heavy atom. The summed E-state index contributed by atoms with van der Waals surface area (Å²) in [6, 6.07) is 1.87. The van der Waals surface area contributed by atoms with Gasteiger partial charge < -0.3 is 20.7 Å². The predicted molar refractivity (Wildman–Crippen MR) is 63.0 cm³/mol. The van der Waals surface area contributed by atoms with Gasteiger partial charge in [-0.15, -0.1) is 0 Å². The van der Waals surface area contributed by atoms with Crippen molar-refractivity contribution in [2.24, 2.45) is 0 Å². The molecule has 2 atom stereocenters. The van der Waals surface area contributed by atoms with Gasteiger partial charge in [0.05, 0.1) is 19.1 Å². The maximum atomic E-state index is 13.5. The highest BCUT2D eigenvalue weighted by atomic mass is 19.2. The summed E-state index contributed by atoms with van der Waals surface area (Å²) in [7, 11) is 0. The lowest BCUT2D eigenvalue weighted by atomic mass is 9.99. The van der Waals surface area contributed by atoms with Gasteiger partial charge in [-0.05, 0) is 19.1 Å². The van der Waals surface area contributed by atoms with E-state index in [2.05, 4.69) is 4.74 Å². The first kappa shape index (κ1) is 15.3. The number of nitrogens with two attached hydrogens (primary N) is 1. The van der Waals surface area contributed by atoms with Crippen LogP contribution < -0.4 is 5.73 Å². The molecule has 1 aromatic carbocycles. The first-order chi connectivity index (χ1) is 8.88. The second-order valence-electron chi connectivity index (χ2n) is 3.89. The number of nitrogen functional groups attached to an aromatic ring is 1. The molecule has 4 N–H and O–H groups in total. The molecule has 106 valence electrons. The normalized spacial score (nSPS) is 13.9. The minimum atomic E-state index is -1.82. The largest absolute Gasteiger partial charge is 0.466 e. The van der Waals surface area contributed by atoms with Gasteiger partial charge in [-0.2, -0.15) is 0 Å². The summed E-state index contributed by atoms with van der Waals surface area (Å²) < 4.78 is 31.1. The zero-order chi connectivity index (χ0) is 14.6. The zero-order valence-corrected chi connectivity index (χ0v) is 10.3. The Hall–Kier alpha value is -1.73. The SMILES string of the molecule is CCOC(=O)CC(O)C(O)c1c(N)ccc(F)c1F. The number of halogens is 2. The van der Waals surface area contributed by atoms with Crippen molar-refractivity contribution in [1.82, 2.24) is 0 Å². The lowest BCUT2D eigenvalue weighted by Crippen LogP contribution is -2.25. The minimum absolute atomic E-state index is 0.109. The average Bonchev–Trinajstić information content (AvgIpc) is 2.34. The van der Waals surface area contributed by atoms with E-state index in [9.17, 15) is 23.8 Å². The fraction of sp³-hybridized carbons (Fsp3) is 0.417. The molecule has 0 spiro atoms. The molecule has 0 aliphatic heterocycles. The summed E-state index contributed by atoms with van der Waals surface area (Å²) in [4.78, 5) is 11.1. The van der Waals surface area contributed by atoms with Gasteiger partial charge in [-0.3, -0.25) is 4.79 Å². The molecular formula is C12H15F2NO4. The molecule has 0 saturated heterocycles. The van der Waals surface area contributed by atoms with E-state index < -0.39 is 41.8 Å². The Morgan fingerprint density at radius 1 is 1.42 bits per heavy atom. The van der Waals surface area contributed by atoms with Crippen molar-refractivity contribution in [3.63, 3.8) is 0 Å². The Labute approximate surface area is 108 Å². The summed E-state index contributed by atoms with van der Waals surface area (Å²) >= 11 is 0. The number of carbonyl (C=O) groups is 1. The number of benzene rings is 1. The van der Waals surface area contributed by atoms with Crippen LogP contribution in [0.2, 0.25) is 0 Å². The number of rotatable bonds is 5. The predicted octanol–water partition coefficient (Wildman–Crippen LogP) is 0.895. The van der Waals surface area contributed by atoms with Gasteiger partial charge in [0, 0.05) is 11.3 Å². The quantitative estimate of drug-likeness (QED) is 0.548. The van der Waals surface area contributed by atoms with E-state index in [0.29, 0.717) is 0 Å². The van der Waals surface area contributed by atoms with Gasteiger partial charge in [0.15, 0.2) is 11.6 Å². The van der Waals surface area contributed by atoms with Gasteiger partial charge in [-0.1, -0.05) is 0 Å². The van der Waals surface area contributed by atoms with Crippen molar-refractivity contribution in [2.45, 2.75) is 25.6 Å². The van der Waals surface area contributed by atoms with Crippen LogP contribution in [0.5, 0.6) is 0 Å². The zero-order valence-electron chi connectivity index (χ0n) is 10.3. The highest BCUT2D eigenvalue weighted by Crippen LogP contribution is 2.29. The van der Waals surface area contributed by atoms with Crippen LogP contribution in [0.15, 0.2) is 12.1 Å². The summed E-state index contributed by atoms with van der Waals surface area (Å²) in [5.74, 6) is -3.31. The Balaban J connectivity index is 2.91. The van der Waals surface area contributed by atoms with Gasteiger partial charge in [0.1, 0.15) is 6.10 Å². The van der Waals surface area contributed by atoms with Crippen LogP contribution in [-0.2, 0) is 9.53 Å². The summed E-state index contributed by atoms with van der Waals surface area (Å²) in [6.45, 7) is 1.68. The minimum Gasteiger partial charge on any atom is -0.466 e. The molecule has 19 heavy (non-hydrogen) atoms. The summed E-state index contributed by atoms with van der Waals surface area (Å²) in [5, 5.41) is 19.4. The number of carbonyl (C=O) groups excluding carboxylic acids is 1. The number of anilines is 1. The molecular weight excluding hydrogens is 260 g/mol. The van der Waals surface area contributed by atoms with E-state index in [1.54, 1.807) is 6.92 Å². The van der Waals surface area contributed by atoms with Crippen LogP contribution in [0.4, 0.5) is 14.5 Å². The topological polar surface area (TPSA) is 92.8 Å². The molecule has 1 rings (SSSR count). The molecule has 7 heteroatoms. The molecule has 0 aliphatic carbocycles. The second-order valence-corrected chi connectivity index (χ2v) is 3.89. The second kappa shape index (κ2) is 6.44. The molecule has 0 heterocycles. The lowest BCUT2D eigenvalue weighted by molar-refractivity contribution is -0.147. The molecule has 5 nitrogen and oxygen atoms in total. The Kier molecular flexibility index (Phi) is 5.20. The van der Waals surface area contributed by atoms with Crippen LogP contribution in [-0.4, -0.2) is 28.9 Å². The maximum Gasteiger partial charge on any atom is 0.308 e. The molecule has 0 saturated carbocycles. The molecule has 0 aromatic heterocycles. The molecule has 0 radical (unpaired) electrons. The van der Waals surface area contributed by atoms with Crippen LogP contribution in [0.3, 0.4) is 0 Å². The van der Waals surface area contributed by atoms with Crippen molar-refractivity contribution in [1.29, 1.82) is 0 Å². The van der Waals surface area contributed by atoms with Crippen molar-refractivity contribution < 1.29 is 28.5 Å². The van der Waals surface area contributed by atoms with Crippen molar-refractivity contribution >= 4 is 11.7 Å². The third-order valence-electron chi connectivity index (χ3n) is 2.51. The number of hydrogen-bond acceptors (Lipinski definition) is 5. The fourth-order valence-electron chi connectivity index (χ4n) is 1.58. The van der Waals surface area contributed by atoms with E-state index in [0.717, 1.165) is 12.1 Å². The smallest absolute Gasteiger partial charge is 0.308 e. The van der Waals surface area contributed by atoms with E-state index in [-0.39, 0.29) is 12.3 Å². The van der Waals surface area contributed by atoms with Crippen LogP contribution >= 0.6 is 0 Å². The third kappa shape index (κ3) is 3.62. The van der Waals surface area contributed by atoms with E-state index in [4.69, 9.17) is 5.73 Å². The molecule has 0 aliphatic rings. The average molecular weight is 275 g/mol. The summed E-state index contributed by atoms with van der Waals surface area (Å²) in [5.41, 5.74) is 4.64. The van der Waals surface area contributed by atoms with Crippen LogP contribution in [0.25, 0.3) is 0 Å². The lowest BCUT2D eigenvalue weighted by Gasteiger charge is -2.19. The number of hydrogen-bond donors (Lipinski definition) is 3. The fourth-order valence-corrected chi connectivity index (χ4v) is 1.58. The standard InChI is InChI=1S/C12H15F2NO4/c1-2-19-9(17)5-8(16)12(18)10-7(15)4-3-6(13)11(10)14/h3-4,8,12,16,18H,2,5,15H2,1H3. The van der Waals surface area contributed by atoms with Crippen LogP contribution in [0, 0.1) is 11.6 Å². The van der Waals surface area contributed by atoms with Crippen molar-refractivity contribution in [3.8, 4) is 0 Å². The van der Waals surface area contributed by atoms with Gasteiger partial charge in [0.2, 0.25) is 0 Å². The van der Waals surface area contributed by atoms with Gasteiger partial charge in [0.25, 0.3) is 0 Å². The maximum absolute atomic E-state index is 13.5. The number of aliphatic hydroxyl groups excluding tert-OH is 2. The van der Waals surface area contributed by atoms with Crippen molar-refractivity contribution in [3.05, 3.63) is 29.3 Å². The third-order valence-corrected chi connectivity index (χ3v) is 2.51. The first-order valence-electron chi connectivity index (χ1n) is 5.63. The summed E-state index contributed by atoms with van der Waals surface area (Å²) in [6.07, 6.45) is -4.01. The van der Waals surface area contributed by atoms with Gasteiger partial charge >= 0.3 is 5.97 Å². The van der Waals surface area contributed by atoms with E-state index in [1.165, 1.54) is 0 Å².